The summed E-state index contributed by atoms with van der Waals surface area (Å²) in [6, 6.07) is 7.61. The van der Waals surface area contributed by atoms with Crippen molar-refractivity contribution >= 4 is 0 Å². The van der Waals surface area contributed by atoms with Crippen molar-refractivity contribution in [1.82, 2.24) is 0 Å². The predicted octanol–water partition coefficient (Wildman–Crippen LogP) is 5.63. The van der Waals surface area contributed by atoms with E-state index in [0.717, 1.165) is 18.4 Å². The molecule has 1 aromatic carbocycles. The van der Waals surface area contributed by atoms with Gasteiger partial charge in [-0.1, -0.05) is 69.4 Å². The Kier molecular flexibility index (Phi) is 8.87. The average Bonchev–Trinajstić information content (AvgIpc) is 2.43. The van der Waals surface area contributed by atoms with E-state index in [1.54, 1.807) is 6.07 Å². The van der Waals surface area contributed by atoms with Gasteiger partial charge in [0.1, 0.15) is 5.75 Å². The predicted molar refractivity (Wildman–Crippen MR) is 83.6 cm³/mol. The summed E-state index contributed by atoms with van der Waals surface area (Å²) in [5, 5.41) is 9.63. The van der Waals surface area contributed by atoms with E-state index >= 15 is 0 Å². The third-order valence-electron chi connectivity index (χ3n) is 3.46. The van der Waals surface area contributed by atoms with E-state index < -0.39 is 0 Å². The summed E-state index contributed by atoms with van der Waals surface area (Å²) in [4.78, 5) is 0. The molecule has 19 heavy (non-hydrogen) atoms. The fourth-order valence-corrected chi connectivity index (χ4v) is 2.24. The van der Waals surface area contributed by atoms with Crippen LogP contribution in [0, 0.1) is 0 Å². The van der Waals surface area contributed by atoms with Crippen molar-refractivity contribution < 1.29 is 5.11 Å². The number of benzene rings is 1. The van der Waals surface area contributed by atoms with Crippen LogP contribution in [0.1, 0.15) is 63.9 Å². The maximum absolute atomic E-state index is 9.63. The van der Waals surface area contributed by atoms with Crippen molar-refractivity contribution in [3.63, 3.8) is 0 Å². The molecular formula is C18H28O. The molecule has 0 saturated carbocycles. The van der Waals surface area contributed by atoms with Crippen LogP contribution < -0.4 is 0 Å². The number of aromatic hydroxyl groups is 1. The number of para-hydroxylation sites is 1. The molecule has 0 aliphatic heterocycles. The summed E-state index contributed by atoms with van der Waals surface area (Å²) in [6.45, 7) is 2.26. The maximum atomic E-state index is 9.63. The van der Waals surface area contributed by atoms with Crippen LogP contribution in [0.15, 0.2) is 36.4 Å². The van der Waals surface area contributed by atoms with E-state index in [1.165, 1.54) is 44.9 Å². The van der Waals surface area contributed by atoms with Crippen molar-refractivity contribution in [3.8, 4) is 5.75 Å². The van der Waals surface area contributed by atoms with Crippen molar-refractivity contribution in [2.75, 3.05) is 0 Å². The molecule has 0 spiro atoms. The van der Waals surface area contributed by atoms with Gasteiger partial charge in [0.25, 0.3) is 0 Å². The third-order valence-corrected chi connectivity index (χ3v) is 3.46. The van der Waals surface area contributed by atoms with Crippen LogP contribution in [0.4, 0.5) is 0 Å². The zero-order valence-corrected chi connectivity index (χ0v) is 12.3. The van der Waals surface area contributed by atoms with Crippen LogP contribution in [0.25, 0.3) is 0 Å². The molecule has 1 nitrogen and oxygen atoms in total. The molecule has 0 fully saturated rings. The number of hydrogen-bond acceptors (Lipinski definition) is 1. The minimum absolute atomic E-state index is 0.423. The number of phenolic OH excluding ortho intramolecular Hbond substituents is 1. The largest absolute Gasteiger partial charge is 0.508 e. The molecular weight excluding hydrogens is 232 g/mol. The zero-order chi connectivity index (χ0) is 13.8. The molecule has 0 unspecified atom stereocenters. The fourth-order valence-electron chi connectivity index (χ4n) is 2.24. The Hall–Kier alpha value is -1.24. The minimum atomic E-state index is 0.423. The van der Waals surface area contributed by atoms with Gasteiger partial charge in [-0.3, -0.25) is 0 Å². The molecule has 1 heteroatoms. The van der Waals surface area contributed by atoms with E-state index in [4.69, 9.17) is 0 Å². The second-order valence-electron chi connectivity index (χ2n) is 5.20. The van der Waals surface area contributed by atoms with E-state index in [-0.39, 0.29) is 0 Å². The van der Waals surface area contributed by atoms with Gasteiger partial charge in [0.05, 0.1) is 0 Å². The standard InChI is InChI=1S/C18H28O/c1-2-3-4-5-6-7-8-9-10-11-14-17-15-12-13-16-18(17)19/h9-10,12-13,15-16,19H,2-8,11,14H2,1H3. The molecule has 106 valence electrons. The SMILES string of the molecule is CCCCCCCCC=CCCc1ccccc1O. The van der Waals surface area contributed by atoms with Gasteiger partial charge >= 0.3 is 0 Å². The van der Waals surface area contributed by atoms with Crippen molar-refractivity contribution in [1.29, 1.82) is 0 Å². The highest BCUT2D eigenvalue weighted by Crippen LogP contribution is 2.17. The fraction of sp³-hybridized carbons (Fsp3) is 0.556. The summed E-state index contributed by atoms with van der Waals surface area (Å²) in [6.07, 6.45) is 15.9. The number of phenols is 1. The Balaban J connectivity index is 2.00. The van der Waals surface area contributed by atoms with Gasteiger partial charge < -0.3 is 5.11 Å². The molecule has 0 atom stereocenters. The van der Waals surface area contributed by atoms with Crippen LogP contribution in [0.5, 0.6) is 5.75 Å². The van der Waals surface area contributed by atoms with E-state index in [1.807, 2.05) is 18.2 Å². The van der Waals surface area contributed by atoms with Crippen LogP contribution >= 0.6 is 0 Å². The number of allylic oxidation sites excluding steroid dienone is 2. The topological polar surface area (TPSA) is 20.2 Å². The van der Waals surface area contributed by atoms with Crippen molar-refractivity contribution in [2.24, 2.45) is 0 Å². The number of unbranched alkanes of at least 4 members (excludes halogenated alkanes) is 6. The van der Waals surface area contributed by atoms with E-state index in [2.05, 4.69) is 19.1 Å². The summed E-state index contributed by atoms with van der Waals surface area (Å²) in [5.74, 6) is 0.423. The summed E-state index contributed by atoms with van der Waals surface area (Å²) in [7, 11) is 0. The summed E-state index contributed by atoms with van der Waals surface area (Å²) < 4.78 is 0. The van der Waals surface area contributed by atoms with Crippen LogP contribution in [0.3, 0.4) is 0 Å². The molecule has 1 N–H and O–H groups in total. The lowest BCUT2D eigenvalue weighted by atomic mass is 10.1. The molecule has 0 heterocycles. The Morgan fingerprint density at radius 2 is 1.58 bits per heavy atom. The van der Waals surface area contributed by atoms with E-state index in [0.29, 0.717) is 5.75 Å². The second-order valence-corrected chi connectivity index (χ2v) is 5.20. The van der Waals surface area contributed by atoms with Crippen molar-refractivity contribution in [2.45, 2.75) is 64.7 Å². The van der Waals surface area contributed by atoms with Gasteiger partial charge in [-0.25, -0.2) is 0 Å². The quantitative estimate of drug-likeness (QED) is 0.427. The normalized spacial score (nSPS) is 11.2. The molecule has 0 radical (unpaired) electrons. The Bertz CT molecular complexity index is 354. The minimum Gasteiger partial charge on any atom is -0.508 e. The highest BCUT2D eigenvalue weighted by Gasteiger charge is 1.96. The first-order chi connectivity index (χ1) is 9.34. The highest BCUT2D eigenvalue weighted by molar-refractivity contribution is 5.31. The number of rotatable bonds is 10. The van der Waals surface area contributed by atoms with Gasteiger partial charge in [-0.15, -0.1) is 0 Å². The van der Waals surface area contributed by atoms with Gasteiger partial charge in [0, 0.05) is 0 Å². The van der Waals surface area contributed by atoms with Gasteiger partial charge in [-0.2, -0.15) is 0 Å². The van der Waals surface area contributed by atoms with Crippen LogP contribution in [-0.4, -0.2) is 5.11 Å². The lowest BCUT2D eigenvalue weighted by molar-refractivity contribution is 0.468. The zero-order valence-electron chi connectivity index (χ0n) is 12.3. The molecule has 0 saturated heterocycles. The van der Waals surface area contributed by atoms with E-state index in [9.17, 15) is 5.11 Å². The Morgan fingerprint density at radius 3 is 2.37 bits per heavy atom. The lowest BCUT2D eigenvalue weighted by Crippen LogP contribution is -1.83. The van der Waals surface area contributed by atoms with Gasteiger partial charge in [-0.05, 0) is 37.3 Å². The number of hydrogen-bond donors (Lipinski definition) is 1. The monoisotopic (exact) mass is 260 g/mol. The average molecular weight is 260 g/mol. The van der Waals surface area contributed by atoms with Gasteiger partial charge in [0.2, 0.25) is 0 Å². The second kappa shape index (κ2) is 10.7. The molecule has 0 aromatic heterocycles. The first-order valence-electron chi connectivity index (χ1n) is 7.76. The summed E-state index contributed by atoms with van der Waals surface area (Å²) in [5.41, 5.74) is 1.05. The lowest BCUT2D eigenvalue weighted by Gasteiger charge is -2.01. The summed E-state index contributed by atoms with van der Waals surface area (Å²) >= 11 is 0. The smallest absolute Gasteiger partial charge is 0.118 e. The number of aryl methyl sites for hydroxylation is 1. The van der Waals surface area contributed by atoms with Crippen LogP contribution in [0.2, 0.25) is 0 Å². The first-order valence-corrected chi connectivity index (χ1v) is 7.76. The molecule has 0 bridgehead atoms. The molecule has 0 aliphatic carbocycles. The first kappa shape index (κ1) is 15.8. The molecule has 1 aromatic rings. The maximum Gasteiger partial charge on any atom is 0.118 e. The van der Waals surface area contributed by atoms with Crippen LogP contribution in [-0.2, 0) is 6.42 Å². The van der Waals surface area contributed by atoms with Crippen molar-refractivity contribution in [3.05, 3.63) is 42.0 Å². The third kappa shape index (κ3) is 7.71. The Labute approximate surface area is 118 Å². The highest BCUT2D eigenvalue weighted by atomic mass is 16.3. The molecule has 1 rings (SSSR count). The molecule has 0 aliphatic rings. The Morgan fingerprint density at radius 1 is 0.895 bits per heavy atom. The molecule has 0 amide bonds. The van der Waals surface area contributed by atoms with Gasteiger partial charge in [0.15, 0.2) is 0 Å².